The number of amides is 1. The van der Waals surface area contributed by atoms with Gasteiger partial charge in [0.1, 0.15) is 0 Å². The number of hydrogen-bond donors (Lipinski definition) is 2. The summed E-state index contributed by atoms with van der Waals surface area (Å²) < 4.78 is 11.3. The summed E-state index contributed by atoms with van der Waals surface area (Å²) in [4.78, 5) is 20.8. The Balaban J connectivity index is 1.62. The van der Waals surface area contributed by atoms with Crippen molar-refractivity contribution >= 4 is 11.9 Å². The molecule has 2 heterocycles. The lowest BCUT2D eigenvalue weighted by Crippen LogP contribution is -2.56. The van der Waals surface area contributed by atoms with Crippen LogP contribution < -0.4 is 5.73 Å². The fourth-order valence-electron chi connectivity index (χ4n) is 6.77. The zero-order valence-corrected chi connectivity index (χ0v) is 19.3. The molecule has 1 amide bonds. The third-order valence-corrected chi connectivity index (χ3v) is 8.27. The molecule has 2 aliphatic heterocycles. The predicted octanol–water partition coefficient (Wildman–Crippen LogP) is 1.69. The Bertz CT molecular complexity index is 1030. The van der Waals surface area contributed by atoms with Gasteiger partial charge < -0.3 is 20.3 Å². The van der Waals surface area contributed by atoms with E-state index in [4.69, 9.17) is 20.2 Å². The molecule has 8 nitrogen and oxygen atoms in total. The van der Waals surface area contributed by atoms with Crippen molar-refractivity contribution in [1.82, 2.24) is 4.90 Å². The highest BCUT2D eigenvalue weighted by Gasteiger charge is 2.68. The minimum Gasteiger partial charge on any atom is -0.393 e. The van der Waals surface area contributed by atoms with E-state index in [-0.39, 0.29) is 36.4 Å². The van der Waals surface area contributed by atoms with Crippen molar-refractivity contribution in [2.45, 2.75) is 57.3 Å². The minimum absolute atomic E-state index is 0.0266. The molecule has 0 bridgehead atoms. The van der Waals surface area contributed by atoms with Crippen molar-refractivity contribution in [1.29, 1.82) is 5.26 Å². The van der Waals surface area contributed by atoms with E-state index in [0.717, 1.165) is 17.5 Å². The van der Waals surface area contributed by atoms with Gasteiger partial charge in [-0.3, -0.25) is 9.69 Å². The lowest BCUT2D eigenvalue weighted by Gasteiger charge is -2.50. The Hall–Kier alpha value is -2.47. The molecule has 3 N–H and O–H groups in total. The van der Waals surface area contributed by atoms with E-state index in [9.17, 15) is 15.2 Å². The van der Waals surface area contributed by atoms with E-state index in [1.165, 1.54) is 0 Å². The standard InChI is InChI=1S/C25H32N4O4/c1-3-17-10-24(9-15(2)21(17)30)11-18-5-4-16(12-26)8-20(18)25(24)22(31)29(23(27)28-25)13-19-14-32-6-7-33-19/h4-5,8,15,17,19,21,30H,3,6-7,9-11,13-14H2,1-2H3,(H2,27,28)/t15-,17+,19-,21+,24+,25+/m0/s1. The number of benzene rings is 1. The van der Waals surface area contributed by atoms with Gasteiger partial charge in [-0.15, -0.1) is 0 Å². The fourth-order valence-corrected chi connectivity index (χ4v) is 6.77. The molecule has 33 heavy (non-hydrogen) atoms. The first-order chi connectivity index (χ1) is 15.8. The Morgan fingerprint density at radius 2 is 2.18 bits per heavy atom. The number of guanidine groups is 1. The molecular formula is C25H32N4O4. The number of aliphatic hydroxyl groups excluding tert-OH is 1. The van der Waals surface area contributed by atoms with E-state index in [2.05, 4.69) is 19.9 Å². The average Bonchev–Trinajstić information content (AvgIpc) is 3.23. The first-order valence-electron chi connectivity index (χ1n) is 11.9. The van der Waals surface area contributed by atoms with Gasteiger partial charge >= 0.3 is 0 Å². The highest BCUT2D eigenvalue weighted by molar-refractivity contribution is 6.08. The molecule has 4 aliphatic rings. The molecule has 5 rings (SSSR count). The van der Waals surface area contributed by atoms with E-state index >= 15 is 0 Å². The van der Waals surface area contributed by atoms with Crippen molar-refractivity contribution in [2.24, 2.45) is 28.0 Å². The summed E-state index contributed by atoms with van der Waals surface area (Å²) in [5.74, 6) is 0.138. The number of nitrogens with two attached hydrogens (primary N) is 1. The quantitative estimate of drug-likeness (QED) is 0.720. The average molecular weight is 453 g/mol. The van der Waals surface area contributed by atoms with Crippen LogP contribution in [0.3, 0.4) is 0 Å². The third kappa shape index (κ3) is 3.21. The molecule has 1 saturated carbocycles. The summed E-state index contributed by atoms with van der Waals surface area (Å²) in [6, 6.07) is 7.80. The number of hydrogen-bond acceptors (Lipinski definition) is 7. The van der Waals surface area contributed by atoms with E-state index in [1.807, 2.05) is 12.1 Å². The lowest BCUT2D eigenvalue weighted by atomic mass is 9.56. The molecule has 1 aromatic rings. The SMILES string of the molecule is CC[C@@H]1C[C@@]2(Cc3ccc(C#N)cc3[C@]23N=C(N)N(C[C@H]2COCCO2)C3=O)C[C@H](C)[C@H]1O. The number of nitriles is 1. The van der Waals surface area contributed by atoms with Crippen LogP contribution >= 0.6 is 0 Å². The number of carbonyl (C=O) groups excluding carboxylic acids is 1. The van der Waals surface area contributed by atoms with Gasteiger partial charge in [0.15, 0.2) is 11.5 Å². The molecule has 0 aromatic heterocycles. The van der Waals surface area contributed by atoms with Gasteiger partial charge in [-0.1, -0.05) is 26.3 Å². The Morgan fingerprint density at radius 3 is 2.88 bits per heavy atom. The highest BCUT2D eigenvalue weighted by Crippen LogP contribution is 2.63. The zero-order valence-electron chi connectivity index (χ0n) is 19.3. The third-order valence-electron chi connectivity index (χ3n) is 8.27. The van der Waals surface area contributed by atoms with Crippen molar-refractivity contribution in [2.75, 3.05) is 26.4 Å². The van der Waals surface area contributed by atoms with E-state index in [0.29, 0.717) is 44.6 Å². The maximum Gasteiger partial charge on any atom is 0.262 e. The number of ether oxygens (including phenoxy) is 2. The van der Waals surface area contributed by atoms with Crippen LogP contribution in [-0.4, -0.2) is 60.4 Å². The first kappa shape index (κ1) is 22.3. The van der Waals surface area contributed by atoms with E-state index < -0.39 is 17.1 Å². The molecule has 6 atom stereocenters. The van der Waals surface area contributed by atoms with Crippen LogP contribution in [-0.2, 0) is 26.2 Å². The Morgan fingerprint density at radius 1 is 1.36 bits per heavy atom. The molecule has 2 aliphatic carbocycles. The van der Waals surface area contributed by atoms with Crippen LogP contribution in [0, 0.1) is 28.6 Å². The Labute approximate surface area is 194 Å². The van der Waals surface area contributed by atoms with Crippen molar-refractivity contribution in [3.8, 4) is 6.07 Å². The number of aliphatic hydroxyl groups is 1. The summed E-state index contributed by atoms with van der Waals surface area (Å²) in [6.45, 7) is 5.87. The monoisotopic (exact) mass is 452 g/mol. The molecular weight excluding hydrogens is 420 g/mol. The van der Waals surface area contributed by atoms with Crippen LogP contribution in [0.4, 0.5) is 0 Å². The number of aliphatic imine (C=N–C) groups is 1. The van der Waals surface area contributed by atoms with Gasteiger partial charge in [0.05, 0.1) is 50.2 Å². The molecule has 8 heteroatoms. The van der Waals surface area contributed by atoms with Gasteiger partial charge in [0.2, 0.25) is 0 Å². The van der Waals surface area contributed by atoms with Gasteiger partial charge in [-0.25, -0.2) is 4.99 Å². The van der Waals surface area contributed by atoms with Gasteiger partial charge in [0, 0.05) is 5.41 Å². The molecule has 2 spiro atoms. The van der Waals surface area contributed by atoms with Crippen LogP contribution in [0.2, 0.25) is 0 Å². The second-order valence-electron chi connectivity index (χ2n) is 10.1. The van der Waals surface area contributed by atoms with Crippen molar-refractivity contribution < 1.29 is 19.4 Å². The van der Waals surface area contributed by atoms with Crippen LogP contribution in [0.25, 0.3) is 0 Å². The molecule has 2 fully saturated rings. The first-order valence-corrected chi connectivity index (χ1v) is 11.9. The topological polar surface area (TPSA) is 121 Å². The number of rotatable bonds is 3. The molecule has 0 radical (unpaired) electrons. The molecule has 176 valence electrons. The van der Waals surface area contributed by atoms with E-state index in [1.54, 1.807) is 11.0 Å². The summed E-state index contributed by atoms with van der Waals surface area (Å²) in [6.07, 6.45) is 2.20. The van der Waals surface area contributed by atoms with Gasteiger partial charge in [0.25, 0.3) is 5.91 Å². The predicted molar refractivity (Wildman–Crippen MR) is 121 cm³/mol. The van der Waals surface area contributed by atoms with Crippen molar-refractivity contribution in [3.63, 3.8) is 0 Å². The normalized spacial score (nSPS) is 37.9. The van der Waals surface area contributed by atoms with Crippen molar-refractivity contribution in [3.05, 3.63) is 34.9 Å². The van der Waals surface area contributed by atoms with Crippen LogP contribution in [0.15, 0.2) is 23.2 Å². The lowest BCUT2D eigenvalue weighted by molar-refractivity contribution is -0.145. The highest BCUT2D eigenvalue weighted by atomic mass is 16.6. The number of fused-ring (bicyclic) bond motifs is 3. The maximum atomic E-state index is 14.3. The zero-order chi connectivity index (χ0) is 23.4. The summed E-state index contributed by atoms with van der Waals surface area (Å²) in [5, 5.41) is 20.4. The Kier molecular flexibility index (Phi) is 5.47. The smallest absolute Gasteiger partial charge is 0.262 e. The summed E-state index contributed by atoms with van der Waals surface area (Å²) in [7, 11) is 0. The molecule has 1 saturated heterocycles. The number of carbonyl (C=O) groups is 1. The molecule has 1 aromatic carbocycles. The second-order valence-corrected chi connectivity index (χ2v) is 10.1. The summed E-state index contributed by atoms with van der Waals surface area (Å²) >= 11 is 0. The van der Waals surface area contributed by atoms with Crippen LogP contribution in [0.1, 0.15) is 49.8 Å². The fraction of sp³-hybridized carbons (Fsp3) is 0.640. The second kappa shape index (κ2) is 8.08. The molecule has 0 unspecified atom stereocenters. The van der Waals surface area contributed by atoms with Gasteiger partial charge in [-0.05, 0) is 54.4 Å². The van der Waals surface area contributed by atoms with Gasteiger partial charge in [-0.2, -0.15) is 5.26 Å². The largest absolute Gasteiger partial charge is 0.393 e. The van der Waals surface area contributed by atoms with Crippen LogP contribution in [0.5, 0.6) is 0 Å². The summed E-state index contributed by atoms with van der Waals surface area (Å²) in [5.41, 5.74) is 7.08. The number of nitrogens with zero attached hydrogens (tertiary/aromatic N) is 3. The minimum atomic E-state index is -1.18. The maximum absolute atomic E-state index is 14.3.